The van der Waals surface area contributed by atoms with Gasteiger partial charge in [-0.3, -0.25) is 24.2 Å². The van der Waals surface area contributed by atoms with Gasteiger partial charge in [-0.1, -0.05) is 58.4 Å². The lowest BCUT2D eigenvalue weighted by Crippen LogP contribution is -2.62. The Bertz CT molecular complexity index is 1200. The minimum absolute atomic E-state index is 0.0124. The highest BCUT2D eigenvalue weighted by molar-refractivity contribution is 5.92. The number of fused-ring (bicyclic) bond motifs is 3. The van der Waals surface area contributed by atoms with Crippen molar-refractivity contribution in [2.24, 2.45) is 17.8 Å². The second kappa shape index (κ2) is 13.8. The first-order valence-corrected chi connectivity index (χ1v) is 15.8. The van der Waals surface area contributed by atoms with Gasteiger partial charge in [-0.05, 0) is 80.0 Å². The normalized spacial score (nSPS) is 30.8. The summed E-state index contributed by atoms with van der Waals surface area (Å²) >= 11 is 0. The summed E-state index contributed by atoms with van der Waals surface area (Å²) in [6, 6.07) is 4.40. The Balaban J connectivity index is 1.62. The summed E-state index contributed by atoms with van der Waals surface area (Å²) in [5, 5.41) is 7.26. The molecule has 2 aliphatic heterocycles. The summed E-state index contributed by atoms with van der Waals surface area (Å²) in [4.78, 5) is 55.5. The Morgan fingerprint density at radius 2 is 1.74 bits per heavy atom. The van der Waals surface area contributed by atoms with E-state index in [0.717, 1.165) is 37.7 Å². The lowest BCUT2D eigenvalue weighted by molar-refractivity contribution is -0.146. The maximum absolute atomic E-state index is 13.7. The molecule has 4 bridgehead atoms. The minimum Gasteiger partial charge on any atom is -0.344 e. The number of hydrogen-bond donors (Lipinski definition) is 3. The van der Waals surface area contributed by atoms with Crippen molar-refractivity contribution in [3.63, 3.8) is 0 Å². The van der Waals surface area contributed by atoms with Gasteiger partial charge < -0.3 is 15.5 Å². The van der Waals surface area contributed by atoms with Gasteiger partial charge in [0.25, 0.3) is 5.91 Å². The number of allylic oxidation sites excluding steroid dienone is 1. The fourth-order valence-corrected chi connectivity index (χ4v) is 6.60. The number of rotatable bonds is 2. The fourth-order valence-electron chi connectivity index (χ4n) is 6.60. The minimum atomic E-state index is -0.819. The monoisotopic (exact) mass is 579 g/mol. The standard InChI is InChI=1S/C33H49N5O4/c1-7-24-12-9-8-11-23-14-15-25-16-17-28(26(25)19-23)37(6)33(42)27-13-10-18-38(36-27)32(41)22(5)34-31(40)29(20(2)3)35-30(39)21(24)4/h8,11,14-15,19-22,24,27-29,36H,7,9-10,12-13,16-18H2,1-6H3,(H,34,40)(H,35,39)/b11-8+/t21-,22+,24-,27+,28-,29+/m1/s1. The molecule has 42 heavy (non-hydrogen) atoms. The van der Waals surface area contributed by atoms with Crippen LogP contribution in [0.5, 0.6) is 0 Å². The first-order chi connectivity index (χ1) is 20.0. The van der Waals surface area contributed by atoms with E-state index in [1.54, 1.807) is 6.92 Å². The van der Waals surface area contributed by atoms with E-state index < -0.39 is 18.1 Å². The first-order valence-electron chi connectivity index (χ1n) is 15.8. The van der Waals surface area contributed by atoms with Crippen molar-refractivity contribution in [2.45, 2.75) is 104 Å². The third-order valence-electron chi connectivity index (χ3n) is 9.42. The van der Waals surface area contributed by atoms with E-state index >= 15 is 0 Å². The molecule has 1 aliphatic carbocycles. The van der Waals surface area contributed by atoms with Crippen LogP contribution in [0, 0.1) is 17.8 Å². The van der Waals surface area contributed by atoms with Gasteiger partial charge in [-0.2, -0.15) is 0 Å². The molecule has 0 radical (unpaired) electrons. The molecule has 1 saturated heterocycles. The van der Waals surface area contributed by atoms with Gasteiger partial charge in [-0.15, -0.1) is 0 Å². The van der Waals surface area contributed by atoms with Crippen LogP contribution in [0.4, 0.5) is 0 Å². The number of nitrogens with zero attached hydrogens (tertiary/aromatic N) is 2. The Kier molecular flexibility index (Phi) is 10.5. The van der Waals surface area contributed by atoms with Crippen molar-refractivity contribution < 1.29 is 19.2 Å². The predicted molar refractivity (Wildman–Crippen MR) is 164 cm³/mol. The van der Waals surface area contributed by atoms with E-state index in [9.17, 15) is 19.2 Å². The molecule has 230 valence electrons. The van der Waals surface area contributed by atoms with Crippen molar-refractivity contribution >= 4 is 29.7 Å². The number of nitrogens with one attached hydrogen (secondary N) is 3. The molecule has 2 heterocycles. The molecule has 4 rings (SSSR count). The molecule has 4 amide bonds. The zero-order valence-corrected chi connectivity index (χ0v) is 26.1. The van der Waals surface area contributed by atoms with Crippen molar-refractivity contribution in [1.29, 1.82) is 0 Å². The molecule has 3 aliphatic rings. The molecule has 0 saturated carbocycles. The average molecular weight is 580 g/mol. The molecule has 0 spiro atoms. The van der Waals surface area contributed by atoms with Gasteiger partial charge in [0.1, 0.15) is 18.1 Å². The number of carbonyl (C=O) groups is 4. The lowest BCUT2D eigenvalue weighted by Gasteiger charge is -2.37. The molecule has 1 aromatic rings. The topological polar surface area (TPSA) is 111 Å². The van der Waals surface area contributed by atoms with Crippen LogP contribution in [0.25, 0.3) is 6.08 Å². The Morgan fingerprint density at radius 1 is 0.976 bits per heavy atom. The van der Waals surface area contributed by atoms with E-state index in [2.05, 4.69) is 53.3 Å². The zero-order valence-electron chi connectivity index (χ0n) is 26.1. The third kappa shape index (κ3) is 7.05. The summed E-state index contributed by atoms with van der Waals surface area (Å²) in [5.74, 6) is -1.10. The van der Waals surface area contributed by atoms with Crippen molar-refractivity contribution in [3.05, 3.63) is 41.0 Å². The lowest BCUT2D eigenvalue weighted by atomic mass is 9.86. The van der Waals surface area contributed by atoms with Crippen LogP contribution in [0.15, 0.2) is 24.3 Å². The largest absolute Gasteiger partial charge is 0.344 e. The van der Waals surface area contributed by atoms with Gasteiger partial charge in [-0.25, -0.2) is 5.43 Å². The van der Waals surface area contributed by atoms with E-state index in [-0.39, 0.29) is 47.4 Å². The Morgan fingerprint density at radius 3 is 2.45 bits per heavy atom. The van der Waals surface area contributed by atoms with Crippen molar-refractivity contribution in [2.75, 3.05) is 13.6 Å². The van der Waals surface area contributed by atoms with Gasteiger partial charge >= 0.3 is 0 Å². The van der Waals surface area contributed by atoms with E-state index in [0.29, 0.717) is 19.4 Å². The molecule has 0 unspecified atom stereocenters. The Labute approximate surface area is 250 Å². The number of hydrazine groups is 1. The quantitative estimate of drug-likeness (QED) is 0.495. The molecule has 3 N–H and O–H groups in total. The summed E-state index contributed by atoms with van der Waals surface area (Å²) < 4.78 is 0. The Hall–Kier alpha value is -3.20. The van der Waals surface area contributed by atoms with E-state index in [1.165, 1.54) is 16.1 Å². The second-order valence-corrected chi connectivity index (χ2v) is 12.7. The molecule has 9 heteroatoms. The highest BCUT2D eigenvalue weighted by Crippen LogP contribution is 2.36. The predicted octanol–water partition coefficient (Wildman–Crippen LogP) is 3.74. The summed E-state index contributed by atoms with van der Waals surface area (Å²) in [6.45, 7) is 9.90. The third-order valence-corrected chi connectivity index (χ3v) is 9.42. The molecule has 9 nitrogen and oxygen atoms in total. The van der Waals surface area contributed by atoms with Crippen LogP contribution < -0.4 is 16.1 Å². The number of aryl methyl sites for hydroxylation is 1. The number of benzene rings is 1. The average Bonchev–Trinajstić information content (AvgIpc) is 3.41. The molecular formula is C33H49N5O4. The zero-order chi connectivity index (χ0) is 30.6. The van der Waals surface area contributed by atoms with Gasteiger partial charge in [0.05, 0.1) is 6.04 Å². The van der Waals surface area contributed by atoms with Gasteiger partial charge in [0.2, 0.25) is 17.7 Å². The molecule has 1 fully saturated rings. The van der Waals surface area contributed by atoms with Crippen LogP contribution in [0.3, 0.4) is 0 Å². The van der Waals surface area contributed by atoms with Gasteiger partial charge in [0, 0.05) is 19.5 Å². The van der Waals surface area contributed by atoms with Crippen LogP contribution in [0.2, 0.25) is 0 Å². The summed E-state index contributed by atoms with van der Waals surface area (Å²) in [5.41, 5.74) is 6.72. The maximum Gasteiger partial charge on any atom is 0.258 e. The molecule has 1 aromatic carbocycles. The first kappa shape index (κ1) is 31.7. The smallest absolute Gasteiger partial charge is 0.258 e. The van der Waals surface area contributed by atoms with Crippen LogP contribution in [-0.2, 0) is 25.6 Å². The molecule has 0 aromatic heterocycles. The number of amides is 4. The summed E-state index contributed by atoms with van der Waals surface area (Å²) in [6.07, 6.45) is 9.98. The second-order valence-electron chi connectivity index (χ2n) is 12.7. The van der Waals surface area contributed by atoms with Crippen LogP contribution >= 0.6 is 0 Å². The molecule has 6 atom stereocenters. The van der Waals surface area contributed by atoms with E-state index in [1.807, 2.05) is 32.7 Å². The van der Waals surface area contributed by atoms with Crippen LogP contribution in [-0.4, -0.2) is 65.3 Å². The van der Waals surface area contributed by atoms with Crippen molar-refractivity contribution in [1.82, 2.24) is 26.0 Å². The number of carbonyl (C=O) groups excluding carboxylic acids is 4. The number of likely N-dealkylation sites (N-methyl/N-ethyl adjacent to an activating group) is 1. The van der Waals surface area contributed by atoms with Crippen LogP contribution in [0.1, 0.15) is 95.9 Å². The van der Waals surface area contributed by atoms with E-state index in [4.69, 9.17) is 0 Å². The highest BCUT2D eigenvalue weighted by Gasteiger charge is 2.37. The highest BCUT2D eigenvalue weighted by atomic mass is 16.2. The summed E-state index contributed by atoms with van der Waals surface area (Å²) in [7, 11) is 1.86. The molecular weight excluding hydrogens is 530 g/mol. The fraction of sp³-hybridized carbons (Fsp3) is 0.636. The maximum atomic E-state index is 13.7. The SMILES string of the molecule is CC[C@@H]1CC/C=C/c2ccc3c(c2)[C@@H](CC3)N(C)C(=O)[C@@H]2CCCN(N2)C(=O)[C@H](C)NC(=O)[C@H](C(C)C)NC(=O)[C@@H]1C. The van der Waals surface area contributed by atoms with Crippen molar-refractivity contribution in [3.8, 4) is 0 Å². The van der Waals surface area contributed by atoms with Gasteiger partial charge in [0.15, 0.2) is 0 Å². The number of hydrogen-bond acceptors (Lipinski definition) is 5.